The molecule has 0 atom stereocenters. The van der Waals surface area contributed by atoms with E-state index in [1.54, 1.807) is 0 Å². The molecule has 0 bridgehead atoms. The molecule has 0 amide bonds. The van der Waals surface area contributed by atoms with Gasteiger partial charge in [0.1, 0.15) is 0 Å². The first-order valence-corrected chi connectivity index (χ1v) is 10.4. The first-order valence-electron chi connectivity index (χ1n) is 6.97. The predicted octanol–water partition coefficient (Wildman–Crippen LogP) is 4.49. The largest absolute Gasteiger partial charge is 0.375 e. The summed E-state index contributed by atoms with van der Waals surface area (Å²) in [4.78, 5) is 2.58. The number of rotatable bonds is 5. The van der Waals surface area contributed by atoms with Crippen LogP contribution in [-0.4, -0.2) is 26.1 Å². The minimum absolute atomic E-state index is 0.933. The maximum Gasteiger partial charge on any atom is 0.0511 e. The Kier molecular flexibility index (Phi) is 5.60. The summed E-state index contributed by atoms with van der Waals surface area (Å²) in [6, 6.07) is 2.83. The molecule has 1 aliphatic rings. The van der Waals surface area contributed by atoms with Crippen molar-refractivity contribution in [1.29, 1.82) is 0 Å². The molecule has 0 unspecified atom stereocenters. The van der Waals surface area contributed by atoms with Gasteiger partial charge in [0.15, 0.2) is 0 Å². The second-order valence-corrected chi connectivity index (χ2v) is 11.2. The summed E-state index contributed by atoms with van der Waals surface area (Å²) in [6.45, 7) is 12.3. The van der Waals surface area contributed by atoms with Gasteiger partial charge in [-0.1, -0.05) is 38.6 Å². The van der Waals surface area contributed by atoms with Crippen molar-refractivity contribution >= 4 is 8.07 Å². The van der Waals surface area contributed by atoms with Gasteiger partial charge in [-0.05, 0) is 32.2 Å². The molecule has 1 rings (SSSR count). The Morgan fingerprint density at radius 2 is 1.81 bits per heavy atom. The van der Waals surface area contributed by atoms with Crippen LogP contribution in [0.3, 0.4) is 0 Å². The molecule has 1 heterocycles. The molecule has 0 aromatic rings. The quantitative estimate of drug-likeness (QED) is 0.639. The first-order chi connectivity index (χ1) is 7.55. The summed E-state index contributed by atoms with van der Waals surface area (Å²) in [6.07, 6.45) is 8.09. The number of allylic oxidation sites excluding steroid dienone is 2. The summed E-state index contributed by atoms with van der Waals surface area (Å²) in [5, 5.41) is 0. The van der Waals surface area contributed by atoms with Crippen molar-refractivity contribution in [2.75, 3.05) is 13.1 Å². The van der Waals surface area contributed by atoms with E-state index in [0.29, 0.717) is 0 Å². The molecular formula is C14H29NSi. The van der Waals surface area contributed by atoms with Crippen molar-refractivity contribution in [1.82, 2.24) is 4.90 Å². The van der Waals surface area contributed by atoms with Gasteiger partial charge in [0.2, 0.25) is 0 Å². The monoisotopic (exact) mass is 239 g/mol. The Balaban J connectivity index is 2.42. The van der Waals surface area contributed by atoms with Crippen LogP contribution in [0.5, 0.6) is 0 Å². The average Bonchev–Trinajstić information content (AvgIpc) is 2.27. The van der Waals surface area contributed by atoms with E-state index in [0.717, 1.165) is 0 Å². The van der Waals surface area contributed by atoms with Gasteiger partial charge in [-0.2, -0.15) is 0 Å². The molecule has 16 heavy (non-hydrogen) atoms. The van der Waals surface area contributed by atoms with Crippen LogP contribution in [-0.2, 0) is 0 Å². The molecule has 0 aromatic carbocycles. The fourth-order valence-electron chi connectivity index (χ4n) is 2.58. The lowest BCUT2D eigenvalue weighted by Gasteiger charge is -2.30. The maximum absolute atomic E-state index is 2.58. The summed E-state index contributed by atoms with van der Waals surface area (Å²) in [5.41, 5.74) is 1.54. The lowest BCUT2D eigenvalue weighted by Crippen LogP contribution is -2.29. The molecule has 1 saturated heterocycles. The van der Waals surface area contributed by atoms with E-state index in [1.165, 1.54) is 56.6 Å². The second-order valence-electron chi connectivity index (χ2n) is 6.01. The number of piperidine rings is 1. The number of hydrogen-bond donors (Lipinski definition) is 0. The number of likely N-dealkylation sites (tertiary alicyclic amines) is 1. The third kappa shape index (κ3) is 4.73. The third-order valence-corrected chi connectivity index (χ3v) is 6.89. The second kappa shape index (κ2) is 6.48. The fraction of sp³-hybridized carbons (Fsp3) is 0.857. The van der Waals surface area contributed by atoms with E-state index in [1.807, 2.05) is 0 Å². The SMILES string of the molecule is CCC[Si](C)(C)CC=C(C)N1CCCCC1. The van der Waals surface area contributed by atoms with Crippen LogP contribution in [0.25, 0.3) is 0 Å². The van der Waals surface area contributed by atoms with Crippen LogP contribution in [0.2, 0.25) is 25.2 Å². The molecule has 1 aliphatic heterocycles. The van der Waals surface area contributed by atoms with Crippen LogP contribution < -0.4 is 0 Å². The van der Waals surface area contributed by atoms with E-state index in [-0.39, 0.29) is 0 Å². The van der Waals surface area contributed by atoms with Gasteiger partial charge in [0.25, 0.3) is 0 Å². The highest BCUT2D eigenvalue weighted by Gasteiger charge is 2.18. The van der Waals surface area contributed by atoms with Gasteiger partial charge in [-0.25, -0.2) is 0 Å². The highest BCUT2D eigenvalue weighted by atomic mass is 28.3. The zero-order chi connectivity index (χ0) is 12.0. The standard InChI is InChI=1S/C14H29NSi/c1-5-12-16(3,4)13-9-14(2)15-10-7-6-8-11-15/h9H,5-8,10-13H2,1-4H3. The topological polar surface area (TPSA) is 3.24 Å². The molecule has 1 fully saturated rings. The Morgan fingerprint density at radius 1 is 1.19 bits per heavy atom. The third-order valence-electron chi connectivity index (χ3n) is 3.73. The Labute approximate surface area is 103 Å². The van der Waals surface area contributed by atoms with Crippen LogP contribution in [0, 0.1) is 0 Å². The van der Waals surface area contributed by atoms with E-state index >= 15 is 0 Å². The molecule has 0 aliphatic carbocycles. The zero-order valence-electron chi connectivity index (χ0n) is 11.7. The van der Waals surface area contributed by atoms with Crippen LogP contribution >= 0.6 is 0 Å². The molecule has 0 aromatic heterocycles. The Morgan fingerprint density at radius 3 is 2.38 bits per heavy atom. The number of nitrogens with zero attached hydrogens (tertiary/aromatic N) is 1. The summed E-state index contributed by atoms with van der Waals surface area (Å²) >= 11 is 0. The number of hydrogen-bond acceptors (Lipinski definition) is 1. The van der Waals surface area contributed by atoms with Crippen LogP contribution in [0.15, 0.2) is 11.8 Å². The Hall–Kier alpha value is -0.243. The van der Waals surface area contributed by atoms with Crippen LogP contribution in [0.4, 0.5) is 0 Å². The summed E-state index contributed by atoms with van der Waals surface area (Å²) in [5.74, 6) is 0. The minimum atomic E-state index is -0.933. The van der Waals surface area contributed by atoms with E-state index in [4.69, 9.17) is 0 Å². The van der Waals surface area contributed by atoms with Gasteiger partial charge >= 0.3 is 0 Å². The van der Waals surface area contributed by atoms with Gasteiger partial charge in [0, 0.05) is 18.8 Å². The molecule has 0 N–H and O–H groups in total. The summed E-state index contributed by atoms with van der Waals surface area (Å²) in [7, 11) is -0.933. The molecule has 0 radical (unpaired) electrons. The molecule has 0 saturated carbocycles. The van der Waals surface area contributed by atoms with E-state index in [9.17, 15) is 0 Å². The predicted molar refractivity (Wildman–Crippen MR) is 76.6 cm³/mol. The molecule has 1 nitrogen and oxygen atoms in total. The first kappa shape index (κ1) is 13.8. The Bertz CT molecular complexity index is 227. The van der Waals surface area contributed by atoms with E-state index < -0.39 is 8.07 Å². The average molecular weight is 239 g/mol. The highest BCUT2D eigenvalue weighted by molar-refractivity contribution is 6.77. The van der Waals surface area contributed by atoms with Gasteiger partial charge in [0.05, 0.1) is 8.07 Å². The van der Waals surface area contributed by atoms with Crippen molar-refractivity contribution in [3.8, 4) is 0 Å². The molecule has 0 spiro atoms. The van der Waals surface area contributed by atoms with Crippen molar-refractivity contribution < 1.29 is 0 Å². The fourth-order valence-corrected chi connectivity index (χ4v) is 4.98. The summed E-state index contributed by atoms with van der Waals surface area (Å²) < 4.78 is 0. The highest BCUT2D eigenvalue weighted by Crippen LogP contribution is 2.21. The smallest absolute Gasteiger partial charge is 0.0511 e. The van der Waals surface area contributed by atoms with Gasteiger partial charge < -0.3 is 4.90 Å². The van der Waals surface area contributed by atoms with E-state index in [2.05, 4.69) is 37.9 Å². The molecule has 94 valence electrons. The van der Waals surface area contributed by atoms with Gasteiger partial charge in [-0.3, -0.25) is 0 Å². The van der Waals surface area contributed by atoms with Crippen molar-refractivity contribution in [2.45, 2.75) is 64.7 Å². The van der Waals surface area contributed by atoms with Crippen molar-refractivity contribution in [2.24, 2.45) is 0 Å². The normalized spacial score (nSPS) is 19.0. The lowest BCUT2D eigenvalue weighted by atomic mass is 10.1. The minimum Gasteiger partial charge on any atom is -0.375 e. The molecule has 2 heteroatoms. The van der Waals surface area contributed by atoms with Crippen molar-refractivity contribution in [3.63, 3.8) is 0 Å². The lowest BCUT2D eigenvalue weighted by molar-refractivity contribution is 0.285. The van der Waals surface area contributed by atoms with Crippen LogP contribution in [0.1, 0.15) is 39.5 Å². The zero-order valence-corrected chi connectivity index (χ0v) is 12.7. The molecular weight excluding hydrogens is 210 g/mol. The maximum atomic E-state index is 2.58. The van der Waals surface area contributed by atoms with Gasteiger partial charge in [-0.15, -0.1) is 0 Å². The van der Waals surface area contributed by atoms with Crippen molar-refractivity contribution in [3.05, 3.63) is 11.8 Å².